The average Bonchev–Trinajstić information content (AvgIpc) is 2.54. The normalized spacial score (nSPS) is 20.2. The second-order valence-electron chi connectivity index (χ2n) is 6.22. The highest BCUT2D eigenvalue weighted by Gasteiger charge is 2.24. The molecule has 22 heavy (non-hydrogen) atoms. The number of hydrogen-bond acceptors (Lipinski definition) is 3. The zero-order valence-electron chi connectivity index (χ0n) is 13.3. The predicted octanol–water partition coefficient (Wildman–Crippen LogP) is 2.46. The van der Waals surface area contributed by atoms with Crippen molar-refractivity contribution in [2.45, 2.75) is 38.2 Å². The maximum atomic E-state index is 12.1. The number of hydrogen-bond donors (Lipinski definition) is 2. The van der Waals surface area contributed by atoms with Crippen molar-refractivity contribution in [3.63, 3.8) is 0 Å². The SMILES string of the molecule is COc1ccc(C[C@@](C)(O)CNC(=O)[C@@H]2CC=CCC2)cc1. The molecule has 0 unspecified atom stereocenters. The van der Waals surface area contributed by atoms with E-state index in [-0.39, 0.29) is 18.4 Å². The second kappa shape index (κ2) is 7.45. The molecule has 4 nitrogen and oxygen atoms in total. The minimum Gasteiger partial charge on any atom is -0.497 e. The van der Waals surface area contributed by atoms with Gasteiger partial charge < -0.3 is 15.2 Å². The number of methoxy groups -OCH3 is 1. The molecule has 2 rings (SSSR count). The first-order valence-electron chi connectivity index (χ1n) is 7.78. The van der Waals surface area contributed by atoms with Gasteiger partial charge in [0.1, 0.15) is 5.75 Å². The van der Waals surface area contributed by atoms with Gasteiger partial charge in [-0.05, 0) is 43.9 Å². The summed E-state index contributed by atoms with van der Waals surface area (Å²) >= 11 is 0. The summed E-state index contributed by atoms with van der Waals surface area (Å²) in [6.07, 6.45) is 7.31. The lowest BCUT2D eigenvalue weighted by Gasteiger charge is -2.26. The van der Waals surface area contributed by atoms with Crippen LogP contribution >= 0.6 is 0 Å². The largest absolute Gasteiger partial charge is 0.497 e. The standard InChI is InChI=1S/C18H25NO3/c1-18(21,12-14-8-10-16(22-2)11-9-14)13-19-17(20)15-6-4-3-5-7-15/h3-4,8-11,15,21H,5-7,12-13H2,1-2H3,(H,19,20)/t15-,18-/m1/s1. The maximum Gasteiger partial charge on any atom is 0.223 e. The lowest BCUT2D eigenvalue weighted by Crippen LogP contribution is -2.44. The van der Waals surface area contributed by atoms with E-state index in [9.17, 15) is 9.90 Å². The van der Waals surface area contributed by atoms with E-state index in [0.29, 0.717) is 6.42 Å². The molecule has 1 aliphatic carbocycles. The molecule has 120 valence electrons. The molecule has 1 aromatic carbocycles. The molecule has 0 saturated heterocycles. The van der Waals surface area contributed by atoms with Crippen molar-refractivity contribution in [3.8, 4) is 5.75 Å². The van der Waals surface area contributed by atoms with E-state index in [1.165, 1.54) is 0 Å². The van der Waals surface area contributed by atoms with Gasteiger partial charge in [-0.3, -0.25) is 4.79 Å². The van der Waals surface area contributed by atoms with Gasteiger partial charge in [0.25, 0.3) is 0 Å². The van der Waals surface area contributed by atoms with Crippen molar-refractivity contribution in [1.82, 2.24) is 5.32 Å². The molecule has 1 aromatic rings. The van der Waals surface area contributed by atoms with E-state index in [4.69, 9.17) is 4.74 Å². The molecule has 0 aliphatic heterocycles. The third-order valence-electron chi connectivity index (χ3n) is 4.03. The van der Waals surface area contributed by atoms with Gasteiger partial charge in [0, 0.05) is 18.9 Å². The Kier molecular flexibility index (Phi) is 5.61. The molecule has 0 heterocycles. The van der Waals surface area contributed by atoms with Gasteiger partial charge in [0.05, 0.1) is 12.7 Å². The summed E-state index contributed by atoms with van der Waals surface area (Å²) in [5, 5.41) is 13.4. The summed E-state index contributed by atoms with van der Waals surface area (Å²) < 4.78 is 5.12. The maximum absolute atomic E-state index is 12.1. The van der Waals surface area contributed by atoms with Crippen LogP contribution in [0.2, 0.25) is 0 Å². The minimum absolute atomic E-state index is 0.0411. The summed E-state index contributed by atoms with van der Waals surface area (Å²) in [5.41, 5.74) is 0.0510. The van der Waals surface area contributed by atoms with E-state index >= 15 is 0 Å². The van der Waals surface area contributed by atoms with Crippen LogP contribution in [-0.2, 0) is 11.2 Å². The fourth-order valence-electron chi connectivity index (χ4n) is 2.70. The van der Waals surface area contributed by atoms with Gasteiger partial charge in [0.15, 0.2) is 0 Å². The summed E-state index contributed by atoms with van der Waals surface area (Å²) in [4.78, 5) is 12.1. The van der Waals surface area contributed by atoms with E-state index in [1.54, 1.807) is 14.0 Å². The first kappa shape index (κ1) is 16.6. The Hall–Kier alpha value is -1.81. The number of allylic oxidation sites excluding steroid dienone is 2. The van der Waals surface area contributed by atoms with Crippen LogP contribution in [0.5, 0.6) is 5.75 Å². The van der Waals surface area contributed by atoms with Gasteiger partial charge >= 0.3 is 0 Å². The van der Waals surface area contributed by atoms with Crippen LogP contribution in [0.1, 0.15) is 31.7 Å². The fraction of sp³-hybridized carbons (Fsp3) is 0.500. The van der Waals surface area contributed by atoms with Crippen LogP contribution in [0.25, 0.3) is 0 Å². The van der Waals surface area contributed by atoms with Crippen molar-refractivity contribution in [3.05, 3.63) is 42.0 Å². The van der Waals surface area contributed by atoms with Crippen LogP contribution in [0.15, 0.2) is 36.4 Å². The smallest absolute Gasteiger partial charge is 0.223 e. The minimum atomic E-state index is -0.964. The quantitative estimate of drug-likeness (QED) is 0.794. The molecule has 4 heteroatoms. The van der Waals surface area contributed by atoms with Gasteiger partial charge in [-0.15, -0.1) is 0 Å². The number of carbonyl (C=O) groups excluding carboxylic acids is 1. The summed E-state index contributed by atoms with van der Waals surface area (Å²) in [6, 6.07) is 7.61. The van der Waals surface area contributed by atoms with Crippen molar-refractivity contribution in [2.75, 3.05) is 13.7 Å². The molecule has 0 bridgehead atoms. The second-order valence-corrected chi connectivity index (χ2v) is 6.22. The monoisotopic (exact) mass is 303 g/mol. The third-order valence-corrected chi connectivity index (χ3v) is 4.03. The highest BCUT2D eigenvalue weighted by atomic mass is 16.5. The van der Waals surface area contributed by atoms with E-state index in [0.717, 1.165) is 30.6 Å². The number of ether oxygens (including phenoxy) is 1. The molecule has 0 fully saturated rings. The van der Waals surface area contributed by atoms with Gasteiger partial charge in [-0.2, -0.15) is 0 Å². The topological polar surface area (TPSA) is 58.6 Å². The van der Waals surface area contributed by atoms with Crippen molar-refractivity contribution in [1.29, 1.82) is 0 Å². The first-order valence-corrected chi connectivity index (χ1v) is 7.78. The fourth-order valence-corrected chi connectivity index (χ4v) is 2.70. The lowest BCUT2D eigenvalue weighted by molar-refractivity contribution is -0.126. The van der Waals surface area contributed by atoms with Crippen LogP contribution in [0.3, 0.4) is 0 Å². The highest BCUT2D eigenvalue weighted by Crippen LogP contribution is 2.19. The molecule has 0 radical (unpaired) electrons. The van der Waals surface area contributed by atoms with Crippen LogP contribution in [-0.4, -0.2) is 30.3 Å². The first-order chi connectivity index (χ1) is 10.5. The Morgan fingerprint density at radius 1 is 1.36 bits per heavy atom. The van der Waals surface area contributed by atoms with Crippen molar-refractivity contribution in [2.24, 2.45) is 5.92 Å². The Balaban J connectivity index is 1.84. The Morgan fingerprint density at radius 3 is 2.68 bits per heavy atom. The van der Waals surface area contributed by atoms with Crippen LogP contribution < -0.4 is 10.1 Å². The molecule has 1 aliphatic rings. The summed E-state index contributed by atoms with van der Waals surface area (Å²) in [5.74, 6) is 0.878. The predicted molar refractivity (Wildman–Crippen MR) is 86.8 cm³/mol. The van der Waals surface area contributed by atoms with Gasteiger partial charge in [-0.25, -0.2) is 0 Å². The number of nitrogens with one attached hydrogen (secondary N) is 1. The number of aliphatic hydroxyl groups is 1. The van der Waals surface area contributed by atoms with E-state index in [2.05, 4.69) is 17.5 Å². The van der Waals surface area contributed by atoms with Gasteiger partial charge in [-0.1, -0.05) is 24.3 Å². The summed E-state index contributed by atoms with van der Waals surface area (Å²) in [7, 11) is 1.63. The molecule has 0 spiro atoms. The van der Waals surface area contributed by atoms with Crippen LogP contribution in [0, 0.1) is 5.92 Å². The molecular weight excluding hydrogens is 278 g/mol. The molecular formula is C18H25NO3. The Morgan fingerprint density at radius 2 is 2.09 bits per heavy atom. The van der Waals surface area contributed by atoms with E-state index < -0.39 is 5.60 Å². The van der Waals surface area contributed by atoms with Crippen molar-refractivity contribution < 1.29 is 14.6 Å². The third kappa shape index (κ3) is 4.88. The average molecular weight is 303 g/mol. The number of amides is 1. The number of benzene rings is 1. The zero-order chi connectivity index (χ0) is 16.0. The molecule has 2 atom stereocenters. The molecule has 1 amide bonds. The van der Waals surface area contributed by atoms with Crippen molar-refractivity contribution >= 4 is 5.91 Å². The molecule has 2 N–H and O–H groups in total. The lowest BCUT2D eigenvalue weighted by atomic mass is 9.92. The van der Waals surface area contributed by atoms with Gasteiger partial charge in [0.2, 0.25) is 5.91 Å². The number of carbonyl (C=O) groups is 1. The molecule has 0 aromatic heterocycles. The Labute approximate surface area is 132 Å². The zero-order valence-corrected chi connectivity index (χ0v) is 13.3. The Bertz CT molecular complexity index is 520. The number of rotatable bonds is 6. The van der Waals surface area contributed by atoms with E-state index in [1.807, 2.05) is 24.3 Å². The highest BCUT2D eigenvalue weighted by molar-refractivity contribution is 5.79. The summed E-state index contributed by atoms with van der Waals surface area (Å²) in [6.45, 7) is 2.01. The van der Waals surface area contributed by atoms with Crippen LogP contribution in [0.4, 0.5) is 0 Å². The molecule has 0 saturated carbocycles.